The number of aromatic nitrogens is 2. The molecule has 1 fully saturated rings. The molecular weight excluding hydrogens is 196 g/mol. The minimum Gasteiger partial charge on any atom is -0.481 e. The number of aliphatic carboxylic acids is 1. The van der Waals surface area contributed by atoms with Crippen molar-refractivity contribution in [3.63, 3.8) is 0 Å². The summed E-state index contributed by atoms with van der Waals surface area (Å²) < 4.78 is 7.26. The van der Waals surface area contributed by atoms with Crippen LogP contribution in [-0.4, -0.2) is 27.5 Å². The van der Waals surface area contributed by atoms with Crippen molar-refractivity contribution in [2.24, 2.45) is 5.92 Å². The Labute approximate surface area is 87.7 Å². The van der Waals surface area contributed by atoms with Crippen LogP contribution in [0, 0.1) is 5.92 Å². The van der Waals surface area contributed by atoms with Crippen LogP contribution < -0.4 is 0 Å². The third-order valence-electron chi connectivity index (χ3n) is 2.75. The number of carbonyl (C=O) groups is 1. The maximum absolute atomic E-state index is 11.0. The van der Waals surface area contributed by atoms with E-state index in [4.69, 9.17) is 9.84 Å². The van der Waals surface area contributed by atoms with E-state index in [0.29, 0.717) is 13.0 Å². The van der Waals surface area contributed by atoms with Crippen molar-refractivity contribution in [3.8, 4) is 0 Å². The molecule has 1 N–H and O–H groups in total. The van der Waals surface area contributed by atoms with Gasteiger partial charge in [-0.25, -0.2) is 0 Å². The minimum absolute atomic E-state index is 0.343. The first-order chi connectivity index (χ1) is 7.24. The third-order valence-corrected chi connectivity index (χ3v) is 2.75. The lowest BCUT2D eigenvalue weighted by Gasteiger charge is -2.15. The van der Waals surface area contributed by atoms with Crippen molar-refractivity contribution >= 4 is 5.97 Å². The van der Waals surface area contributed by atoms with Crippen LogP contribution in [0.1, 0.15) is 25.1 Å². The first kappa shape index (κ1) is 10.2. The Morgan fingerprint density at radius 2 is 2.60 bits per heavy atom. The Balaban J connectivity index is 2.26. The zero-order valence-corrected chi connectivity index (χ0v) is 8.59. The van der Waals surface area contributed by atoms with E-state index < -0.39 is 11.9 Å². The van der Waals surface area contributed by atoms with Gasteiger partial charge in [-0.05, 0) is 19.4 Å². The zero-order valence-electron chi connectivity index (χ0n) is 8.59. The summed E-state index contributed by atoms with van der Waals surface area (Å²) in [6, 6.07) is 1.83. The summed E-state index contributed by atoms with van der Waals surface area (Å²) in [5, 5.41) is 13.2. The first-order valence-electron chi connectivity index (χ1n) is 5.10. The highest BCUT2D eigenvalue weighted by molar-refractivity contribution is 5.71. The van der Waals surface area contributed by atoms with Gasteiger partial charge in [0.05, 0.1) is 11.6 Å². The van der Waals surface area contributed by atoms with Crippen LogP contribution in [-0.2, 0) is 16.1 Å². The molecule has 0 radical (unpaired) electrons. The summed E-state index contributed by atoms with van der Waals surface area (Å²) in [5.74, 6) is -1.23. The van der Waals surface area contributed by atoms with Crippen LogP contribution in [0.4, 0.5) is 0 Å². The highest BCUT2D eigenvalue weighted by atomic mass is 16.5. The van der Waals surface area contributed by atoms with Gasteiger partial charge in [-0.2, -0.15) is 5.10 Å². The Hall–Kier alpha value is -1.36. The second kappa shape index (κ2) is 4.02. The average Bonchev–Trinajstić information content (AvgIpc) is 2.85. The summed E-state index contributed by atoms with van der Waals surface area (Å²) in [6.45, 7) is 3.21. The van der Waals surface area contributed by atoms with Gasteiger partial charge in [-0.1, -0.05) is 0 Å². The molecule has 15 heavy (non-hydrogen) atoms. The molecule has 1 aliphatic heterocycles. The largest absolute Gasteiger partial charge is 0.481 e. The normalized spacial score (nSPS) is 25.7. The fraction of sp³-hybridized carbons (Fsp3) is 0.600. The zero-order chi connectivity index (χ0) is 10.8. The topological polar surface area (TPSA) is 64.4 Å². The smallest absolute Gasteiger partial charge is 0.309 e. The van der Waals surface area contributed by atoms with Crippen LogP contribution >= 0.6 is 0 Å². The second-order valence-electron chi connectivity index (χ2n) is 3.60. The minimum atomic E-state index is -0.790. The van der Waals surface area contributed by atoms with Crippen molar-refractivity contribution < 1.29 is 14.6 Å². The van der Waals surface area contributed by atoms with E-state index in [9.17, 15) is 4.79 Å². The number of ether oxygens (including phenoxy) is 1. The molecule has 2 rings (SSSR count). The van der Waals surface area contributed by atoms with E-state index in [1.165, 1.54) is 0 Å². The lowest BCUT2D eigenvalue weighted by Crippen LogP contribution is -2.20. The fourth-order valence-electron chi connectivity index (χ4n) is 1.98. The second-order valence-corrected chi connectivity index (χ2v) is 3.60. The number of hydrogen-bond donors (Lipinski definition) is 1. The molecule has 2 atom stereocenters. The number of hydrogen-bond acceptors (Lipinski definition) is 3. The van der Waals surface area contributed by atoms with E-state index >= 15 is 0 Å². The summed E-state index contributed by atoms with van der Waals surface area (Å²) >= 11 is 0. The van der Waals surface area contributed by atoms with Gasteiger partial charge >= 0.3 is 5.97 Å². The number of aryl methyl sites for hydroxylation is 1. The average molecular weight is 210 g/mol. The molecule has 0 amide bonds. The van der Waals surface area contributed by atoms with Crippen LogP contribution in [0.3, 0.4) is 0 Å². The first-order valence-corrected chi connectivity index (χ1v) is 5.10. The van der Waals surface area contributed by atoms with Crippen molar-refractivity contribution in [1.29, 1.82) is 0 Å². The Kier molecular flexibility index (Phi) is 2.73. The highest BCUT2D eigenvalue weighted by Crippen LogP contribution is 2.34. The van der Waals surface area contributed by atoms with Crippen LogP contribution in [0.2, 0.25) is 0 Å². The van der Waals surface area contributed by atoms with Crippen molar-refractivity contribution in [2.75, 3.05) is 6.61 Å². The lowest BCUT2D eigenvalue weighted by molar-refractivity contribution is -0.143. The Bertz CT molecular complexity index is 361. The Morgan fingerprint density at radius 3 is 3.27 bits per heavy atom. The molecule has 0 bridgehead atoms. The third kappa shape index (κ3) is 1.74. The number of carboxylic acid groups (broad SMARTS) is 1. The predicted octanol–water partition coefficient (Wildman–Crippen LogP) is 1.07. The van der Waals surface area contributed by atoms with Gasteiger partial charge in [0.1, 0.15) is 6.10 Å². The Morgan fingerprint density at radius 1 is 1.80 bits per heavy atom. The molecule has 1 aromatic heterocycles. The molecule has 82 valence electrons. The monoisotopic (exact) mass is 210 g/mol. The highest BCUT2D eigenvalue weighted by Gasteiger charge is 2.36. The van der Waals surface area contributed by atoms with Crippen molar-refractivity contribution in [1.82, 2.24) is 9.78 Å². The molecule has 0 aromatic carbocycles. The summed E-state index contributed by atoms with van der Waals surface area (Å²) in [7, 11) is 0. The number of rotatable bonds is 3. The van der Waals surface area contributed by atoms with E-state index in [0.717, 1.165) is 12.2 Å². The molecule has 0 unspecified atom stereocenters. The van der Waals surface area contributed by atoms with Gasteiger partial charge in [0.25, 0.3) is 0 Å². The fourth-order valence-corrected chi connectivity index (χ4v) is 1.98. The van der Waals surface area contributed by atoms with Gasteiger partial charge in [-0.3, -0.25) is 9.48 Å². The van der Waals surface area contributed by atoms with E-state index in [1.54, 1.807) is 10.9 Å². The molecular formula is C10H14N2O3. The molecule has 5 nitrogen and oxygen atoms in total. The maximum Gasteiger partial charge on any atom is 0.309 e. The van der Waals surface area contributed by atoms with Gasteiger partial charge in [-0.15, -0.1) is 0 Å². The lowest BCUT2D eigenvalue weighted by atomic mass is 9.99. The summed E-state index contributed by atoms with van der Waals surface area (Å²) in [4.78, 5) is 11.0. The number of carboxylic acids is 1. The van der Waals surface area contributed by atoms with Gasteiger partial charge in [0.15, 0.2) is 0 Å². The maximum atomic E-state index is 11.0. The van der Waals surface area contributed by atoms with E-state index in [2.05, 4.69) is 5.10 Å². The standard InChI is InChI=1S/C10H14N2O3/c1-2-12-8(3-5-11-12)9-7(10(13)14)4-6-15-9/h3,5,7,9H,2,4,6H2,1H3,(H,13,14)/t7-,9+/m0/s1. The van der Waals surface area contributed by atoms with Crippen molar-refractivity contribution in [3.05, 3.63) is 18.0 Å². The van der Waals surface area contributed by atoms with E-state index in [-0.39, 0.29) is 6.10 Å². The molecule has 1 saturated heterocycles. The van der Waals surface area contributed by atoms with Crippen molar-refractivity contribution in [2.45, 2.75) is 26.0 Å². The molecule has 2 heterocycles. The molecule has 0 saturated carbocycles. The summed E-state index contributed by atoms with van der Waals surface area (Å²) in [5.41, 5.74) is 0.863. The van der Waals surface area contributed by atoms with Crippen LogP contribution in [0.25, 0.3) is 0 Å². The molecule has 0 aliphatic carbocycles. The van der Waals surface area contributed by atoms with Gasteiger partial charge in [0, 0.05) is 19.3 Å². The molecule has 0 spiro atoms. The molecule has 1 aromatic rings. The predicted molar refractivity (Wildman–Crippen MR) is 52.3 cm³/mol. The molecule has 5 heteroatoms. The van der Waals surface area contributed by atoms with Gasteiger partial charge < -0.3 is 9.84 Å². The number of nitrogens with zero attached hydrogens (tertiary/aromatic N) is 2. The van der Waals surface area contributed by atoms with E-state index in [1.807, 2.05) is 13.0 Å². The molecule has 1 aliphatic rings. The quantitative estimate of drug-likeness (QED) is 0.810. The summed E-state index contributed by atoms with van der Waals surface area (Å²) in [6.07, 6.45) is 1.92. The SMILES string of the molecule is CCn1nccc1[C@@H]1OCC[C@@H]1C(=O)O. The van der Waals surface area contributed by atoms with Gasteiger partial charge in [0.2, 0.25) is 0 Å². The van der Waals surface area contributed by atoms with Crippen LogP contribution in [0.5, 0.6) is 0 Å². The van der Waals surface area contributed by atoms with Crippen LogP contribution in [0.15, 0.2) is 12.3 Å².